The standard InChI is InChI=1S/C64H57N/c1-62(2)57-21-13-11-19-51(57)53-29-27-49(36-59(53)62)65(50-28-30-54-52-20-12-14-22-58(52)63(3,4)60(54)37-50)61-55(45-15-7-5-8-16-45)34-47(35-56(61)46-17-9-6-10-18-46)44-23-25-48(26-24-44)64-38-41-31-42(39-64)33-43(32-41)40-64/h5-30,34-37,41-43H,31-33,38-40H2,1-4H3. The van der Waals surface area contributed by atoms with Crippen molar-refractivity contribution in [2.24, 2.45) is 17.8 Å². The third kappa shape index (κ3) is 5.97. The average Bonchev–Trinajstić information content (AvgIpc) is 3.70. The Morgan fingerprint density at radius 3 is 1.23 bits per heavy atom. The Bertz CT molecular complexity index is 2960. The molecule has 4 saturated carbocycles. The number of nitrogens with zero attached hydrogens (tertiary/aromatic N) is 1. The van der Waals surface area contributed by atoms with Gasteiger partial charge in [-0.25, -0.2) is 0 Å². The van der Waals surface area contributed by atoms with Crippen molar-refractivity contribution in [3.63, 3.8) is 0 Å². The maximum atomic E-state index is 2.60. The van der Waals surface area contributed by atoms with Gasteiger partial charge in [0, 0.05) is 33.3 Å². The van der Waals surface area contributed by atoms with Crippen LogP contribution in [0.4, 0.5) is 17.1 Å². The first-order valence-electron chi connectivity index (χ1n) is 24.3. The number of anilines is 3. The summed E-state index contributed by atoms with van der Waals surface area (Å²) < 4.78 is 0. The summed E-state index contributed by atoms with van der Waals surface area (Å²) in [6.07, 6.45) is 8.57. The first kappa shape index (κ1) is 39.0. The van der Waals surface area contributed by atoms with Crippen molar-refractivity contribution >= 4 is 17.1 Å². The first-order valence-corrected chi connectivity index (χ1v) is 24.3. The van der Waals surface area contributed by atoms with Crippen LogP contribution in [0.1, 0.15) is 94.0 Å². The summed E-state index contributed by atoms with van der Waals surface area (Å²) in [6.45, 7) is 9.59. The maximum Gasteiger partial charge on any atom is 0.0618 e. The minimum Gasteiger partial charge on any atom is -0.309 e. The van der Waals surface area contributed by atoms with Crippen LogP contribution in [0.3, 0.4) is 0 Å². The van der Waals surface area contributed by atoms with E-state index in [1.807, 2.05) is 0 Å². The van der Waals surface area contributed by atoms with Crippen molar-refractivity contribution in [3.05, 3.63) is 210 Å². The van der Waals surface area contributed by atoms with Gasteiger partial charge in [-0.1, -0.05) is 173 Å². The smallest absolute Gasteiger partial charge is 0.0618 e. The summed E-state index contributed by atoms with van der Waals surface area (Å²) >= 11 is 0. The largest absolute Gasteiger partial charge is 0.309 e. The van der Waals surface area contributed by atoms with E-state index in [0.29, 0.717) is 5.41 Å². The Hall–Kier alpha value is -6.44. The van der Waals surface area contributed by atoms with E-state index < -0.39 is 0 Å². The molecule has 4 fully saturated rings. The number of benzene rings is 8. The molecular formula is C64H57N. The zero-order valence-corrected chi connectivity index (χ0v) is 38.2. The molecule has 318 valence electrons. The van der Waals surface area contributed by atoms with Crippen LogP contribution in [0.2, 0.25) is 0 Å². The van der Waals surface area contributed by atoms with Crippen molar-refractivity contribution in [1.29, 1.82) is 0 Å². The SMILES string of the molecule is CC1(C)c2ccccc2-c2ccc(N(c3ccc4c(c3)C(C)(C)c3ccccc3-4)c3c(-c4ccccc4)cc(-c4ccc(C56CC7CC(CC(C7)C5)C6)cc4)cc3-c3ccccc3)cc21. The third-order valence-electron chi connectivity index (χ3n) is 17.0. The van der Waals surface area contributed by atoms with Crippen LogP contribution >= 0.6 is 0 Å². The quantitative estimate of drug-likeness (QED) is 0.155. The molecule has 0 radical (unpaired) electrons. The van der Waals surface area contributed by atoms with E-state index in [1.54, 1.807) is 5.56 Å². The number of fused-ring (bicyclic) bond motifs is 6. The molecule has 0 saturated heterocycles. The molecule has 6 aliphatic rings. The van der Waals surface area contributed by atoms with Gasteiger partial charge >= 0.3 is 0 Å². The molecule has 65 heavy (non-hydrogen) atoms. The fourth-order valence-electron chi connectivity index (χ4n) is 14.3. The molecule has 0 amide bonds. The Morgan fingerprint density at radius 1 is 0.354 bits per heavy atom. The van der Waals surface area contributed by atoms with Crippen molar-refractivity contribution < 1.29 is 0 Å². The molecule has 1 nitrogen and oxygen atoms in total. The molecule has 0 aromatic heterocycles. The van der Waals surface area contributed by atoms with Gasteiger partial charge < -0.3 is 4.90 Å². The summed E-state index contributed by atoms with van der Waals surface area (Å²) in [5, 5.41) is 0. The highest BCUT2D eigenvalue weighted by molar-refractivity contribution is 6.01. The first-order chi connectivity index (χ1) is 31.6. The van der Waals surface area contributed by atoms with E-state index in [1.165, 1.54) is 133 Å². The van der Waals surface area contributed by atoms with Crippen LogP contribution in [0.15, 0.2) is 182 Å². The zero-order chi connectivity index (χ0) is 43.7. The van der Waals surface area contributed by atoms with E-state index in [0.717, 1.165) is 17.8 Å². The van der Waals surface area contributed by atoms with Gasteiger partial charge in [0.1, 0.15) is 0 Å². The van der Waals surface area contributed by atoms with Crippen LogP contribution in [-0.4, -0.2) is 0 Å². The van der Waals surface area contributed by atoms with Gasteiger partial charge in [-0.2, -0.15) is 0 Å². The highest BCUT2D eigenvalue weighted by atomic mass is 15.1. The predicted molar refractivity (Wildman–Crippen MR) is 272 cm³/mol. The van der Waals surface area contributed by atoms with E-state index >= 15 is 0 Å². The average molecular weight is 840 g/mol. The van der Waals surface area contributed by atoms with E-state index in [2.05, 4.69) is 215 Å². The zero-order valence-electron chi connectivity index (χ0n) is 38.2. The lowest BCUT2D eigenvalue weighted by Crippen LogP contribution is -2.48. The molecule has 0 spiro atoms. The normalized spacial score (nSPS) is 22.2. The van der Waals surface area contributed by atoms with Crippen LogP contribution in [0.5, 0.6) is 0 Å². The van der Waals surface area contributed by atoms with Crippen molar-refractivity contribution in [2.75, 3.05) is 4.90 Å². The summed E-state index contributed by atoms with van der Waals surface area (Å²) in [4.78, 5) is 2.60. The van der Waals surface area contributed by atoms with Gasteiger partial charge in [0.25, 0.3) is 0 Å². The third-order valence-corrected chi connectivity index (χ3v) is 17.0. The summed E-state index contributed by atoms with van der Waals surface area (Å²) in [5.74, 6) is 2.78. The second-order valence-electron chi connectivity index (χ2n) is 21.6. The second-order valence-corrected chi connectivity index (χ2v) is 21.6. The molecule has 1 heteroatoms. The predicted octanol–water partition coefficient (Wildman–Crippen LogP) is 17.2. The van der Waals surface area contributed by atoms with Crippen molar-refractivity contribution in [2.45, 2.75) is 82.5 Å². The van der Waals surface area contributed by atoms with Gasteiger partial charge in [0.2, 0.25) is 0 Å². The highest BCUT2D eigenvalue weighted by Crippen LogP contribution is 2.61. The maximum absolute atomic E-state index is 2.60. The molecule has 4 bridgehead atoms. The topological polar surface area (TPSA) is 3.24 Å². The molecule has 0 aliphatic heterocycles. The van der Waals surface area contributed by atoms with Gasteiger partial charge in [-0.15, -0.1) is 0 Å². The van der Waals surface area contributed by atoms with Crippen LogP contribution in [0, 0.1) is 17.8 Å². The van der Waals surface area contributed by atoms with Crippen molar-refractivity contribution in [3.8, 4) is 55.6 Å². The van der Waals surface area contributed by atoms with Crippen LogP contribution < -0.4 is 4.90 Å². The van der Waals surface area contributed by atoms with Gasteiger partial charge in [-0.3, -0.25) is 0 Å². The van der Waals surface area contributed by atoms with Crippen LogP contribution in [0.25, 0.3) is 55.6 Å². The molecule has 0 unspecified atom stereocenters. The Morgan fingerprint density at radius 2 is 0.769 bits per heavy atom. The van der Waals surface area contributed by atoms with Crippen molar-refractivity contribution in [1.82, 2.24) is 0 Å². The lowest BCUT2D eigenvalue weighted by molar-refractivity contribution is -0.00518. The Labute approximate surface area is 385 Å². The minimum absolute atomic E-state index is 0.147. The lowest BCUT2D eigenvalue weighted by atomic mass is 9.48. The lowest BCUT2D eigenvalue weighted by Gasteiger charge is -2.57. The van der Waals surface area contributed by atoms with E-state index in [4.69, 9.17) is 0 Å². The molecule has 8 aromatic rings. The number of hydrogen-bond acceptors (Lipinski definition) is 1. The molecule has 0 N–H and O–H groups in total. The minimum atomic E-state index is -0.147. The fourth-order valence-corrected chi connectivity index (χ4v) is 14.3. The van der Waals surface area contributed by atoms with Crippen LogP contribution in [-0.2, 0) is 16.2 Å². The van der Waals surface area contributed by atoms with E-state index in [9.17, 15) is 0 Å². The molecule has 6 aliphatic carbocycles. The summed E-state index contributed by atoms with van der Waals surface area (Å²) in [7, 11) is 0. The van der Waals surface area contributed by atoms with Gasteiger partial charge in [0.05, 0.1) is 5.69 Å². The summed E-state index contributed by atoms with van der Waals surface area (Å²) in [6, 6.07) is 69.8. The molecule has 14 rings (SSSR count). The van der Waals surface area contributed by atoms with Gasteiger partial charge in [-0.05, 0) is 170 Å². The molecule has 0 atom stereocenters. The highest BCUT2D eigenvalue weighted by Gasteiger charge is 2.51. The van der Waals surface area contributed by atoms with E-state index in [-0.39, 0.29) is 10.8 Å². The Kier molecular flexibility index (Phi) is 8.56. The number of rotatable bonds is 7. The monoisotopic (exact) mass is 839 g/mol. The summed E-state index contributed by atoms with van der Waals surface area (Å²) in [5.41, 5.74) is 23.4. The molecule has 8 aromatic carbocycles. The van der Waals surface area contributed by atoms with Gasteiger partial charge in [0.15, 0.2) is 0 Å². The number of hydrogen-bond donors (Lipinski definition) is 0. The fraction of sp³-hybridized carbons (Fsp3) is 0.250. The second kappa shape index (κ2) is 14.3. The molecular weight excluding hydrogens is 783 g/mol. The Balaban J connectivity index is 1.05. The molecule has 0 heterocycles.